The van der Waals surface area contributed by atoms with Crippen LogP contribution >= 0.6 is 0 Å². The minimum Gasteiger partial charge on any atom is -0.352 e. The average molecular weight is 302 g/mol. The Labute approximate surface area is 129 Å². The third-order valence-corrected chi connectivity index (χ3v) is 3.57. The van der Waals surface area contributed by atoms with Crippen LogP contribution in [0.2, 0.25) is 0 Å². The SMILES string of the molecule is Cc1cc(C)n(C[C@@H](C)CNC(=O)c2ccn(C)c(=O)c2)n1. The van der Waals surface area contributed by atoms with E-state index in [1.54, 1.807) is 19.3 Å². The molecule has 0 unspecified atom stereocenters. The molecule has 0 saturated heterocycles. The molecule has 0 radical (unpaired) electrons. The highest BCUT2D eigenvalue weighted by Crippen LogP contribution is 2.06. The Bertz CT molecular complexity index is 730. The monoisotopic (exact) mass is 302 g/mol. The zero-order chi connectivity index (χ0) is 16.3. The second-order valence-electron chi connectivity index (χ2n) is 5.79. The fourth-order valence-corrected chi connectivity index (χ4v) is 2.28. The van der Waals surface area contributed by atoms with Crippen LogP contribution in [0.3, 0.4) is 0 Å². The Hall–Kier alpha value is -2.37. The van der Waals surface area contributed by atoms with Crippen molar-refractivity contribution < 1.29 is 4.79 Å². The molecule has 6 heteroatoms. The van der Waals surface area contributed by atoms with Gasteiger partial charge >= 0.3 is 0 Å². The van der Waals surface area contributed by atoms with Crippen molar-refractivity contribution in [2.75, 3.05) is 6.54 Å². The molecule has 2 rings (SSSR count). The van der Waals surface area contributed by atoms with Crippen LogP contribution in [-0.2, 0) is 13.6 Å². The Morgan fingerprint density at radius 2 is 2.09 bits per heavy atom. The first-order chi connectivity index (χ1) is 10.4. The van der Waals surface area contributed by atoms with E-state index in [4.69, 9.17) is 0 Å². The molecule has 1 N–H and O–H groups in total. The summed E-state index contributed by atoms with van der Waals surface area (Å²) < 4.78 is 3.38. The zero-order valence-corrected chi connectivity index (χ0v) is 13.5. The van der Waals surface area contributed by atoms with Crippen LogP contribution < -0.4 is 10.9 Å². The quantitative estimate of drug-likeness (QED) is 0.904. The van der Waals surface area contributed by atoms with Gasteiger partial charge in [0.15, 0.2) is 0 Å². The summed E-state index contributed by atoms with van der Waals surface area (Å²) in [6.07, 6.45) is 1.59. The first-order valence-electron chi connectivity index (χ1n) is 7.32. The second kappa shape index (κ2) is 6.60. The summed E-state index contributed by atoms with van der Waals surface area (Å²) in [6.45, 7) is 7.32. The van der Waals surface area contributed by atoms with Crippen LogP contribution in [0.25, 0.3) is 0 Å². The van der Waals surface area contributed by atoms with E-state index in [-0.39, 0.29) is 17.4 Å². The van der Waals surface area contributed by atoms with Crippen molar-refractivity contribution in [1.29, 1.82) is 0 Å². The van der Waals surface area contributed by atoms with Crippen LogP contribution in [0.5, 0.6) is 0 Å². The molecule has 0 aromatic carbocycles. The number of pyridine rings is 1. The number of nitrogens with one attached hydrogen (secondary N) is 1. The van der Waals surface area contributed by atoms with E-state index in [1.807, 2.05) is 24.6 Å². The molecule has 1 amide bonds. The summed E-state index contributed by atoms with van der Waals surface area (Å²) in [5.41, 5.74) is 2.31. The number of hydrogen-bond donors (Lipinski definition) is 1. The molecule has 1 atom stereocenters. The second-order valence-corrected chi connectivity index (χ2v) is 5.79. The molecular formula is C16H22N4O2. The van der Waals surface area contributed by atoms with Gasteiger partial charge in [0.1, 0.15) is 0 Å². The number of rotatable bonds is 5. The molecule has 0 bridgehead atoms. The Kier molecular flexibility index (Phi) is 4.80. The lowest BCUT2D eigenvalue weighted by Crippen LogP contribution is -2.31. The van der Waals surface area contributed by atoms with Crippen molar-refractivity contribution in [2.45, 2.75) is 27.3 Å². The van der Waals surface area contributed by atoms with E-state index in [9.17, 15) is 9.59 Å². The van der Waals surface area contributed by atoms with Crippen LogP contribution in [0, 0.1) is 19.8 Å². The van der Waals surface area contributed by atoms with Crippen molar-refractivity contribution in [2.24, 2.45) is 13.0 Å². The van der Waals surface area contributed by atoms with Crippen molar-refractivity contribution >= 4 is 5.91 Å². The molecule has 0 aliphatic rings. The molecule has 2 heterocycles. The van der Waals surface area contributed by atoms with Crippen LogP contribution in [0.4, 0.5) is 0 Å². The molecule has 0 aliphatic carbocycles. The van der Waals surface area contributed by atoms with Crippen LogP contribution in [0.1, 0.15) is 28.7 Å². The number of carbonyl (C=O) groups is 1. The van der Waals surface area contributed by atoms with Crippen molar-refractivity contribution in [1.82, 2.24) is 19.7 Å². The first kappa shape index (κ1) is 16.0. The predicted octanol–water partition coefficient (Wildman–Crippen LogP) is 1.26. The van der Waals surface area contributed by atoms with Gasteiger partial charge in [-0.05, 0) is 31.9 Å². The van der Waals surface area contributed by atoms with Gasteiger partial charge in [0.25, 0.3) is 11.5 Å². The highest BCUT2D eigenvalue weighted by Gasteiger charge is 2.11. The first-order valence-corrected chi connectivity index (χ1v) is 7.32. The molecule has 2 aromatic heterocycles. The predicted molar refractivity (Wildman–Crippen MR) is 84.9 cm³/mol. The number of amides is 1. The Morgan fingerprint density at radius 1 is 1.36 bits per heavy atom. The average Bonchev–Trinajstić information content (AvgIpc) is 2.77. The smallest absolute Gasteiger partial charge is 0.251 e. The van der Waals surface area contributed by atoms with E-state index in [0.29, 0.717) is 12.1 Å². The van der Waals surface area contributed by atoms with E-state index >= 15 is 0 Å². The number of nitrogens with zero attached hydrogens (tertiary/aromatic N) is 3. The van der Waals surface area contributed by atoms with Crippen molar-refractivity contribution in [3.63, 3.8) is 0 Å². The van der Waals surface area contributed by atoms with Gasteiger partial charge in [0, 0.05) is 43.7 Å². The summed E-state index contributed by atoms with van der Waals surface area (Å²) in [4.78, 5) is 23.6. The normalized spacial score (nSPS) is 12.2. The summed E-state index contributed by atoms with van der Waals surface area (Å²) in [7, 11) is 1.65. The summed E-state index contributed by atoms with van der Waals surface area (Å²) in [5.74, 6) is 0.0198. The minimum absolute atomic E-state index is 0.191. The number of carbonyl (C=O) groups excluding carboxylic acids is 1. The topological polar surface area (TPSA) is 68.9 Å². The molecule has 6 nitrogen and oxygen atoms in total. The Balaban J connectivity index is 1.91. The van der Waals surface area contributed by atoms with Gasteiger partial charge < -0.3 is 9.88 Å². The lowest BCUT2D eigenvalue weighted by molar-refractivity contribution is 0.0946. The molecule has 0 aliphatic heterocycles. The van der Waals surface area contributed by atoms with E-state index < -0.39 is 0 Å². The standard InChI is InChI=1S/C16H22N4O2/c1-11(10-20-13(3)7-12(2)18-20)9-17-16(22)14-5-6-19(4)15(21)8-14/h5-8,11H,9-10H2,1-4H3,(H,17,22)/t11-/m0/s1. The number of aryl methyl sites for hydroxylation is 3. The molecule has 22 heavy (non-hydrogen) atoms. The maximum Gasteiger partial charge on any atom is 0.251 e. The van der Waals surface area contributed by atoms with E-state index in [1.165, 1.54) is 10.6 Å². The molecule has 0 saturated carbocycles. The molecule has 0 fully saturated rings. The molecule has 2 aromatic rings. The third kappa shape index (κ3) is 3.84. The van der Waals surface area contributed by atoms with Crippen molar-refractivity contribution in [3.8, 4) is 0 Å². The van der Waals surface area contributed by atoms with Crippen molar-refractivity contribution in [3.05, 3.63) is 51.7 Å². The van der Waals surface area contributed by atoms with Gasteiger partial charge in [-0.2, -0.15) is 5.10 Å². The highest BCUT2D eigenvalue weighted by atomic mass is 16.2. The number of hydrogen-bond acceptors (Lipinski definition) is 3. The van der Waals surface area contributed by atoms with Gasteiger partial charge in [-0.3, -0.25) is 14.3 Å². The summed E-state index contributed by atoms with van der Waals surface area (Å²) in [5, 5.41) is 7.28. The zero-order valence-electron chi connectivity index (χ0n) is 13.5. The maximum atomic E-state index is 12.1. The van der Waals surface area contributed by atoms with E-state index in [2.05, 4.69) is 17.3 Å². The fourth-order valence-electron chi connectivity index (χ4n) is 2.28. The van der Waals surface area contributed by atoms with E-state index in [0.717, 1.165) is 17.9 Å². The molecular weight excluding hydrogens is 280 g/mol. The maximum absolute atomic E-state index is 12.1. The largest absolute Gasteiger partial charge is 0.352 e. The van der Waals surface area contributed by atoms with Gasteiger partial charge in [0.2, 0.25) is 0 Å². The van der Waals surface area contributed by atoms with Crippen LogP contribution in [0.15, 0.2) is 29.2 Å². The number of aromatic nitrogens is 3. The van der Waals surface area contributed by atoms with Gasteiger partial charge in [-0.25, -0.2) is 0 Å². The van der Waals surface area contributed by atoms with Crippen LogP contribution in [-0.4, -0.2) is 26.8 Å². The highest BCUT2D eigenvalue weighted by molar-refractivity contribution is 5.93. The summed E-state index contributed by atoms with van der Waals surface area (Å²) >= 11 is 0. The Morgan fingerprint density at radius 3 is 2.68 bits per heavy atom. The minimum atomic E-state index is -0.224. The lowest BCUT2D eigenvalue weighted by Gasteiger charge is -2.14. The van der Waals surface area contributed by atoms with Gasteiger partial charge in [-0.15, -0.1) is 0 Å². The molecule has 118 valence electrons. The van der Waals surface area contributed by atoms with Gasteiger partial charge in [0.05, 0.1) is 5.69 Å². The summed E-state index contributed by atoms with van der Waals surface area (Å²) in [6, 6.07) is 5.02. The lowest BCUT2D eigenvalue weighted by atomic mass is 10.1. The molecule has 0 spiro atoms. The van der Waals surface area contributed by atoms with Gasteiger partial charge in [-0.1, -0.05) is 6.92 Å². The fraction of sp³-hybridized carbons (Fsp3) is 0.438. The third-order valence-electron chi connectivity index (χ3n) is 3.57.